The lowest BCUT2D eigenvalue weighted by atomic mass is 9.70. The molecule has 1 rings (SSSR count). The Bertz CT molecular complexity index is 174. The Kier molecular flexibility index (Phi) is 5.86. The van der Waals surface area contributed by atoms with Crippen LogP contribution in [-0.2, 0) is 0 Å². The van der Waals surface area contributed by atoms with Crippen molar-refractivity contribution in [2.24, 2.45) is 29.6 Å². The van der Waals surface area contributed by atoms with Gasteiger partial charge in [0.15, 0.2) is 0 Å². The molecule has 0 radical (unpaired) electrons. The summed E-state index contributed by atoms with van der Waals surface area (Å²) in [6.07, 6.45) is 8.86. The third-order valence-electron chi connectivity index (χ3n) is 4.63. The SMILES string of the molecule is CCC(C(C)C)C(CC(C)C)C1CCCC1. The average molecular weight is 224 g/mol. The first-order valence-corrected chi connectivity index (χ1v) is 7.56. The Morgan fingerprint density at radius 1 is 1.00 bits per heavy atom. The van der Waals surface area contributed by atoms with Gasteiger partial charge in [0, 0.05) is 0 Å². The van der Waals surface area contributed by atoms with Crippen molar-refractivity contribution >= 4 is 0 Å². The first-order chi connectivity index (χ1) is 7.56. The highest BCUT2D eigenvalue weighted by Crippen LogP contribution is 2.42. The first kappa shape index (κ1) is 14.1. The van der Waals surface area contributed by atoms with Crippen LogP contribution in [0.4, 0.5) is 0 Å². The second-order valence-corrected chi connectivity index (χ2v) is 6.65. The van der Waals surface area contributed by atoms with E-state index < -0.39 is 0 Å². The largest absolute Gasteiger partial charge is 0.0651 e. The molecule has 96 valence electrons. The Morgan fingerprint density at radius 2 is 1.56 bits per heavy atom. The topological polar surface area (TPSA) is 0 Å². The summed E-state index contributed by atoms with van der Waals surface area (Å²) in [5, 5.41) is 0. The highest BCUT2D eigenvalue weighted by Gasteiger charge is 2.32. The zero-order chi connectivity index (χ0) is 12.1. The third kappa shape index (κ3) is 3.79. The summed E-state index contributed by atoms with van der Waals surface area (Å²) in [7, 11) is 0. The molecule has 0 heterocycles. The third-order valence-corrected chi connectivity index (χ3v) is 4.63. The molecule has 1 aliphatic rings. The van der Waals surface area contributed by atoms with Gasteiger partial charge in [-0.05, 0) is 36.0 Å². The normalized spacial score (nSPS) is 21.9. The first-order valence-electron chi connectivity index (χ1n) is 7.56. The summed E-state index contributed by atoms with van der Waals surface area (Å²) in [5.41, 5.74) is 0. The van der Waals surface area contributed by atoms with Crippen LogP contribution in [0.3, 0.4) is 0 Å². The van der Waals surface area contributed by atoms with Crippen molar-refractivity contribution in [3.05, 3.63) is 0 Å². The van der Waals surface area contributed by atoms with Crippen molar-refractivity contribution < 1.29 is 0 Å². The maximum atomic E-state index is 2.43. The fourth-order valence-electron chi connectivity index (χ4n) is 3.92. The lowest BCUT2D eigenvalue weighted by Gasteiger charge is -2.35. The van der Waals surface area contributed by atoms with E-state index >= 15 is 0 Å². The summed E-state index contributed by atoms with van der Waals surface area (Å²) >= 11 is 0. The van der Waals surface area contributed by atoms with Crippen LogP contribution in [0, 0.1) is 29.6 Å². The maximum Gasteiger partial charge on any atom is -0.0353 e. The van der Waals surface area contributed by atoms with Gasteiger partial charge in [0.2, 0.25) is 0 Å². The van der Waals surface area contributed by atoms with Gasteiger partial charge in [-0.25, -0.2) is 0 Å². The van der Waals surface area contributed by atoms with Crippen molar-refractivity contribution in [1.82, 2.24) is 0 Å². The molecular formula is C16H32. The maximum absolute atomic E-state index is 2.43. The fraction of sp³-hybridized carbons (Fsp3) is 1.00. The van der Waals surface area contributed by atoms with E-state index in [9.17, 15) is 0 Å². The van der Waals surface area contributed by atoms with Gasteiger partial charge in [-0.2, -0.15) is 0 Å². The molecule has 0 amide bonds. The molecule has 1 aliphatic carbocycles. The predicted molar refractivity (Wildman–Crippen MR) is 73.5 cm³/mol. The van der Waals surface area contributed by atoms with Gasteiger partial charge in [-0.3, -0.25) is 0 Å². The van der Waals surface area contributed by atoms with Crippen LogP contribution in [0.1, 0.15) is 73.1 Å². The van der Waals surface area contributed by atoms with Crippen molar-refractivity contribution in [3.8, 4) is 0 Å². The standard InChI is InChI=1S/C16H32/c1-6-15(13(4)5)16(11-12(2)3)14-9-7-8-10-14/h12-16H,6-11H2,1-5H3. The van der Waals surface area contributed by atoms with Crippen LogP contribution in [-0.4, -0.2) is 0 Å². The van der Waals surface area contributed by atoms with Gasteiger partial charge in [-0.15, -0.1) is 0 Å². The van der Waals surface area contributed by atoms with Crippen molar-refractivity contribution in [2.75, 3.05) is 0 Å². The molecule has 0 nitrogen and oxygen atoms in total. The summed E-state index contributed by atoms with van der Waals surface area (Å²) in [4.78, 5) is 0. The molecule has 0 N–H and O–H groups in total. The molecule has 0 spiro atoms. The van der Waals surface area contributed by atoms with Crippen LogP contribution < -0.4 is 0 Å². The van der Waals surface area contributed by atoms with E-state index in [2.05, 4.69) is 34.6 Å². The Morgan fingerprint density at radius 3 is 1.94 bits per heavy atom. The van der Waals surface area contributed by atoms with E-state index in [4.69, 9.17) is 0 Å². The van der Waals surface area contributed by atoms with E-state index in [0.29, 0.717) is 0 Å². The molecule has 1 saturated carbocycles. The number of hydrogen-bond acceptors (Lipinski definition) is 0. The second-order valence-electron chi connectivity index (χ2n) is 6.65. The van der Waals surface area contributed by atoms with E-state index in [1.54, 1.807) is 0 Å². The summed E-state index contributed by atoms with van der Waals surface area (Å²) < 4.78 is 0. The van der Waals surface area contributed by atoms with Gasteiger partial charge in [0.1, 0.15) is 0 Å². The van der Waals surface area contributed by atoms with Gasteiger partial charge in [0.05, 0.1) is 0 Å². The molecule has 0 saturated heterocycles. The smallest absolute Gasteiger partial charge is 0.0353 e. The van der Waals surface area contributed by atoms with Crippen LogP contribution in [0.25, 0.3) is 0 Å². The molecule has 1 fully saturated rings. The molecule has 0 aromatic carbocycles. The minimum Gasteiger partial charge on any atom is -0.0651 e. The van der Waals surface area contributed by atoms with E-state index in [0.717, 1.165) is 29.6 Å². The van der Waals surface area contributed by atoms with Gasteiger partial charge in [-0.1, -0.05) is 66.7 Å². The summed E-state index contributed by atoms with van der Waals surface area (Å²) in [6.45, 7) is 12.0. The average Bonchev–Trinajstić information content (AvgIpc) is 2.68. The van der Waals surface area contributed by atoms with Gasteiger partial charge < -0.3 is 0 Å². The molecule has 0 aromatic heterocycles. The Balaban J connectivity index is 2.67. The van der Waals surface area contributed by atoms with Gasteiger partial charge in [0.25, 0.3) is 0 Å². The van der Waals surface area contributed by atoms with Gasteiger partial charge >= 0.3 is 0 Å². The lowest BCUT2D eigenvalue weighted by Crippen LogP contribution is -2.27. The number of hydrogen-bond donors (Lipinski definition) is 0. The van der Waals surface area contributed by atoms with Crippen LogP contribution in [0.5, 0.6) is 0 Å². The monoisotopic (exact) mass is 224 g/mol. The zero-order valence-electron chi connectivity index (χ0n) is 12.1. The zero-order valence-corrected chi connectivity index (χ0v) is 12.1. The van der Waals surface area contributed by atoms with Crippen LogP contribution in [0.2, 0.25) is 0 Å². The quantitative estimate of drug-likeness (QED) is 0.557. The van der Waals surface area contributed by atoms with Crippen LogP contribution in [0.15, 0.2) is 0 Å². The molecule has 0 bridgehead atoms. The van der Waals surface area contributed by atoms with Crippen LogP contribution >= 0.6 is 0 Å². The highest BCUT2D eigenvalue weighted by molar-refractivity contribution is 4.82. The predicted octanol–water partition coefficient (Wildman–Crippen LogP) is 5.52. The van der Waals surface area contributed by atoms with E-state index in [-0.39, 0.29) is 0 Å². The molecule has 0 aliphatic heterocycles. The molecule has 0 heteroatoms. The molecule has 2 unspecified atom stereocenters. The lowest BCUT2D eigenvalue weighted by molar-refractivity contribution is 0.146. The molecule has 2 atom stereocenters. The minimum atomic E-state index is 0.870. The van der Waals surface area contributed by atoms with Crippen molar-refractivity contribution in [1.29, 1.82) is 0 Å². The second kappa shape index (κ2) is 6.67. The Labute approximate surface area is 103 Å². The van der Waals surface area contributed by atoms with Crippen molar-refractivity contribution in [2.45, 2.75) is 73.1 Å². The molecular weight excluding hydrogens is 192 g/mol. The molecule has 0 aromatic rings. The highest BCUT2D eigenvalue weighted by atomic mass is 14.4. The fourth-order valence-corrected chi connectivity index (χ4v) is 3.92. The Hall–Kier alpha value is 0. The number of rotatable bonds is 6. The van der Waals surface area contributed by atoms with E-state index in [1.807, 2.05) is 0 Å². The minimum absolute atomic E-state index is 0.870. The van der Waals surface area contributed by atoms with Crippen molar-refractivity contribution in [3.63, 3.8) is 0 Å². The molecule has 16 heavy (non-hydrogen) atoms. The summed E-state index contributed by atoms with van der Waals surface area (Å²) in [5.74, 6) is 4.76. The summed E-state index contributed by atoms with van der Waals surface area (Å²) in [6, 6.07) is 0. The van der Waals surface area contributed by atoms with E-state index in [1.165, 1.54) is 38.5 Å².